The fraction of sp³-hybridized carbons (Fsp3) is 0.280. The van der Waals surface area contributed by atoms with Gasteiger partial charge in [-0.2, -0.15) is 0 Å². The van der Waals surface area contributed by atoms with Crippen LogP contribution >= 0.6 is 0 Å². The van der Waals surface area contributed by atoms with Crippen LogP contribution in [0.3, 0.4) is 0 Å². The van der Waals surface area contributed by atoms with Crippen molar-refractivity contribution in [3.8, 4) is 0 Å². The van der Waals surface area contributed by atoms with E-state index in [9.17, 15) is 10.2 Å². The third kappa shape index (κ3) is 4.36. The van der Waals surface area contributed by atoms with Gasteiger partial charge in [0.2, 0.25) is 0 Å². The minimum Gasteiger partial charge on any atom is -0.403 e. The molecular formula is C25H30O3Si. The van der Waals surface area contributed by atoms with Crippen molar-refractivity contribution in [2.24, 2.45) is 0 Å². The summed E-state index contributed by atoms with van der Waals surface area (Å²) >= 11 is 0. The quantitative estimate of drug-likeness (QED) is 0.588. The lowest BCUT2D eigenvalue weighted by Gasteiger charge is -2.43. The molecule has 0 aliphatic carbocycles. The van der Waals surface area contributed by atoms with Gasteiger partial charge in [-0.05, 0) is 32.1 Å². The van der Waals surface area contributed by atoms with Crippen LogP contribution in [-0.4, -0.2) is 18.5 Å². The maximum atomic E-state index is 9.64. The molecule has 2 N–H and O–H groups in total. The van der Waals surface area contributed by atoms with E-state index in [2.05, 4.69) is 69.3 Å². The first-order valence-corrected chi connectivity index (χ1v) is 11.9. The standard InChI is InChI=1S/C25H30O3Si/c1-25(2,3)29(23-10-6-4-7-11-23,24-12-8-5-9-13-24)28-19-20-14-15-21(17-26)22(16-20)18-27/h4-16,26-27H,17-19H2,1-3H3. The van der Waals surface area contributed by atoms with E-state index in [1.165, 1.54) is 10.4 Å². The highest BCUT2D eigenvalue weighted by Crippen LogP contribution is 2.37. The molecular weight excluding hydrogens is 376 g/mol. The van der Waals surface area contributed by atoms with Crippen molar-refractivity contribution in [3.63, 3.8) is 0 Å². The molecule has 0 aliphatic rings. The second kappa shape index (κ2) is 9.05. The summed E-state index contributed by atoms with van der Waals surface area (Å²) in [6.45, 7) is 7.05. The lowest BCUT2D eigenvalue weighted by molar-refractivity contribution is 0.258. The first-order chi connectivity index (χ1) is 13.9. The summed E-state index contributed by atoms with van der Waals surface area (Å²) in [6.07, 6.45) is 0. The summed E-state index contributed by atoms with van der Waals surface area (Å²) in [5.41, 5.74) is 2.50. The van der Waals surface area contributed by atoms with Crippen LogP contribution in [0.2, 0.25) is 5.04 Å². The Balaban J connectivity index is 2.07. The molecule has 0 atom stereocenters. The van der Waals surface area contributed by atoms with Gasteiger partial charge in [0, 0.05) is 0 Å². The molecule has 0 unspecified atom stereocenters. The summed E-state index contributed by atoms with van der Waals surface area (Å²) in [5.74, 6) is 0. The van der Waals surface area contributed by atoms with Crippen LogP contribution in [0.15, 0.2) is 78.9 Å². The first kappa shape index (κ1) is 21.5. The van der Waals surface area contributed by atoms with Crippen LogP contribution in [0.1, 0.15) is 37.5 Å². The van der Waals surface area contributed by atoms with Crippen molar-refractivity contribution in [1.82, 2.24) is 0 Å². The van der Waals surface area contributed by atoms with E-state index in [-0.39, 0.29) is 18.3 Å². The number of hydrogen-bond acceptors (Lipinski definition) is 3. The van der Waals surface area contributed by atoms with E-state index in [4.69, 9.17) is 4.43 Å². The summed E-state index contributed by atoms with van der Waals surface area (Å²) in [5, 5.41) is 21.5. The molecule has 0 aromatic heterocycles. The normalized spacial score (nSPS) is 12.2. The molecule has 29 heavy (non-hydrogen) atoms. The second-order valence-corrected chi connectivity index (χ2v) is 12.7. The highest BCUT2D eigenvalue weighted by atomic mass is 28.4. The van der Waals surface area contributed by atoms with Crippen molar-refractivity contribution >= 4 is 18.7 Å². The number of aliphatic hydroxyl groups is 2. The summed E-state index contributed by atoms with van der Waals surface area (Å²) in [6, 6.07) is 26.9. The van der Waals surface area contributed by atoms with Crippen LogP contribution < -0.4 is 10.4 Å². The van der Waals surface area contributed by atoms with Crippen molar-refractivity contribution < 1.29 is 14.6 Å². The molecule has 0 saturated carbocycles. The zero-order chi connectivity index (χ0) is 20.9. The predicted molar refractivity (Wildman–Crippen MR) is 121 cm³/mol. The molecule has 0 saturated heterocycles. The van der Waals surface area contributed by atoms with Gasteiger partial charge in [-0.1, -0.05) is 99.6 Å². The summed E-state index contributed by atoms with van der Waals surface area (Å²) < 4.78 is 6.92. The molecule has 0 fully saturated rings. The Morgan fingerprint density at radius 1 is 0.724 bits per heavy atom. The highest BCUT2D eigenvalue weighted by molar-refractivity contribution is 6.99. The molecule has 4 heteroatoms. The predicted octanol–water partition coefficient (Wildman–Crippen LogP) is 3.75. The van der Waals surface area contributed by atoms with E-state index in [1.807, 2.05) is 30.3 Å². The van der Waals surface area contributed by atoms with Gasteiger partial charge in [0.05, 0.1) is 19.8 Å². The Hall–Kier alpha value is -2.24. The minimum atomic E-state index is -2.59. The zero-order valence-corrected chi connectivity index (χ0v) is 18.4. The monoisotopic (exact) mass is 406 g/mol. The Kier molecular flexibility index (Phi) is 6.70. The van der Waals surface area contributed by atoms with Gasteiger partial charge >= 0.3 is 0 Å². The van der Waals surface area contributed by atoms with Crippen LogP contribution in [0, 0.1) is 0 Å². The van der Waals surface area contributed by atoms with Crippen molar-refractivity contribution in [1.29, 1.82) is 0 Å². The average Bonchev–Trinajstić information content (AvgIpc) is 2.74. The lowest BCUT2D eigenvalue weighted by atomic mass is 10.1. The largest absolute Gasteiger partial charge is 0.403 e. The van der Waals surface area contributed by atoms with Crippen molar-refractivity contribution in [2.45, 2.75) is 45.6 Å². The minimum absolute atomic E-state index is 0.0776. The molecule has 152 valence electrons. The Labute approximate surface area is 174 Å². The molecule has 0 bridgehead atoms. The molecule has 0 aliphatic heterocycles. The van der Waals surface area contributed by atoms with Gasteiger partial charge in [-0.3, -0.25) is 0 Å². The van der Waals surface area contributed by atoms with Crippen LogP contribution in [-0.2, 0) is 24.2 Å². The fourth-order valence-corrected chi connectivity index (χ4v) is 8.56. The van der Waals surface area contributed by atoms with Gasteiger partial charge in [-0.15, -0.1) is 0 Å². The van der Waals surface area contributed by atoms with E-state index in [0.717, 1.165) is 16.7 Å². The van der Waals surface area contributed by atoms with E-state index < -0.39 is 8.32 Å². The summed E-state index contributed by atoms with van der Waals surface area (Å²) in [4.78, 5) is 0. The van der Waals surface area contributed by atoms with Crippen LogP contribution in [0.4, 0.5) is 0 Å². The number of aliphatic hydroxyl groups excluding tert-OH is 2. The Morgan fingerprint density at radius 3 is 1.69 bits per heavy atom. The Bertz CT molecular complexity index is 878. The first-order valence-electron chi connectivity index (χ1n) is 10.00. The average molecular weight is 407 g/mol. The SMILES string of the molecule is CC(C)(C)[Si](OCc1ccc(CO)c(CO)c1)(c1ccccc1)c1ccccc1. The van der Waals surface area contributed by atoms with Crippen molar-refractivity contribution in [3.05, 3.63) is 95.6 Å². The van der Waals surface area contributed by atoms with Crippen LogP contribution in [0.5, 0.6) is 0 Å². The van der Waals surface area contributed by atoms with E-state index >= 15 is 0 Å². The maximum absolute atomic E-state index is 9.64. The topological polar surface area (TPSA) is 49.7 Å². The van der Waals surface area contributed by atoms with Gasteiger partial charge in [0.25, 0.3) is 8.32 Å². The number of benzene rings is 3. The Morgan fingerprint density at radius 2 is 1.24 bits per heavy atom. The number of hydrogen-bond donors (Lipinski definition) is 2. The van der Waals surface area contributed by atoms with Crippen molar-refractivity contribution in [2.75, 3.05) is 0 Å². The molecule has 0 amide bonds. The fourth-order valence-electron chi connectivity index (χ4n) is 4.02. The van der Waals surface area contributed by atoms with Crippen LogP contribution in [0.25, 0.3) is 0 Å². The maximum Gasteiger partial charge on any atom is 0.261 e. The van der Waals surface area contributed by atoms with Gasteiger partial charge in [-0.25, -0.2) is 0 Å². The molecule has 3 aromatic carbocycles. The second-order valence-electron chi connectivity index (χ2n) is 8.37. The molecule has 0 spiro atoms. The van der Waals surface area contributed by atoms with Gasteiger partial charge < -0.3 is 14.6 Å². The van der Waals surface area contributed by atoms with E-state index in [1.54, 1.807) is 0 Å². The molecule has 0 heterocycles. The number of rotatable bonds is 7. The molecule has 3 rings (SSSR count). The molecule has 3 nitrogen and oxygen atoms in total. The summed E-state index contributed by atoms with van der Waals surface area (Å²) in [7, 11) is -2.59. The van der Waals surface area contributed by atoms with E-state index in [0.29, 0.717) is 6.61 Å². The molecule has 3 aromatic rings. The smallest absolute Gasteiger partial charge is 0.261 e. The third-order valence-electron chi connectivity index (χ3n) is 5.48. The lowest BCUT2D eigenvalue weighted by Crippen LogP contribution is -2.66. The van der Waals surface area contributed by atoms with Gasteiger partial charge in [0.15, 0.2) is 0 Å². The third-order valence-corrected chi connectivity index (χ3v) is 10.5. The van der Waals surface area contributed by atoms with Gasteiger partial charge in [0.1, 0.15) is 0 Å². The molecule has 0 radical (unpaired) electrons. The highest BCUT2D eigenvalue weighted by Gasteiger charge is 2.50. The zero-order valence-electron chi connectivity index (χ0n) is 17.4.